The number of phenols is 1. The number of carboxylic acids is 2. The van der Waals surface area contributed by atoms with Gasteiger partial charge in [0, 0.05) is 71.9 Å². The Kier molecular flexibility index (Phi) is 20.4. The van der Waals surface area contributed by atoms with E-state index < -0.39 is 49.2 Å². The van der Waals surface area contributed by atoms with Crippen molar-refractivity contribution < 1.29 is 64.3 Å². The summed E-state index contributed by atoms with van der Waals surface area (Å²) in [6, 6.07) is 25.3. The van der Waals surface area contributed by atoms with Crippen molar-refractivity contribution in [3.8, 4) is 28.0 Å². The van der Waals surface area contributed by atoms with Crippen LogP contribution in [0, 0.1) is 11.6 Å². The molecule has 6 aromatic rings. The number of aliphatic hydroxyl groups excluding tert-OH is 6. The van der Waals surface area contributed by atoms with E-state index in [1.807, 2.05) is 30.3 Å². The van der Waals surface area contributed by atoms with E-state index in [2.05, 4.69) is 0 Å². The number of rotatable bonds is 16. The number of hydrogen-bond donors (Lipinski definition) is 9. The van der Waals surface area contributed by atoms with Gasteiger partial charge in [-0.1, -0.05) is 86.3 Å². The van der Waals surface area contributed by atoms with Crippen LogP contribution in [0.3, 0.4) is 0 Å². The third kappa shape index (κ3) is 14.5. The number of carboxylic acid groups (broad SMARTS) is 2. The molecule has 4 aromatic carbocycles. The summed E-state index contributed by atoms with van der Waals surface area (Å²) in [5.41, 5.74) is 7.93. The Balaban J connectivity index is 0.000000273. The van der Waals surface area contributed by atoms with Gasteiger partial charge in [-0.25, -0.2) is 13.8 Å². The summed E-state index contributed by atoms with van der Waals surface area (Å²) in [7, 11) is 2.00. The molecule has 2 saturated carbocycles. The summed E-state index contributed by atoms with van der Waals surface area (Å²) in [6.45, 7) is 0. The van der Waals surface area contributed by atoms with E-state index in [9.17, 15) is 43.9 Å². The SMILES string of the molecule is C.CO.CO.O=C(O)C[C@H](O)C[C@H](O)/C=C/c1c(C2CC2)nc2c(O)cccc2c1-c1ccc(F)cc1.O=C(O)C[C@H](O)C[C@H](O)/C=C/c1c(C2CC2)nc2ccccc2c1-c1ccc(F)cc1. The average molecular weight is 939 g/mol. The highest BCUT2D eigenvalue weighted by atomic mass is 19.1. The van der Waals surface area contributed by atoms with Crippen LogP contribution in [-0.2, 0) is 9.59 Å². The number of fused-ring (bicyclic) bond motifs is 2. The number of pyridine rings is 2. The fourth-order valence-electron chi connectivity index (χ4n) is 7.78. The Morgan fingerprint density at radius 3 is 1.46 bits per heavy atom. The lowest BCUT2D eigenvalue weighted by Crippen LogP contribution is -2.19. The largest absolute Gasteiger partial charge is 0.506 e. The summed E-state index contributed by atoms with van der Waals surface area (Å²) >= 11 is 0. The molecular formula is C53H60F2N2O11. The molecular weight excluding hydrogens is 879 g/mol. The molecule has 0 radical (unpaired) electrons. The molecule has 15 heteroatoms. The number of aliphatic carboxylic acids is 2. The molecule has 9 N–H and O–H groups in total. The molecule has 0 amide bonds. The molecule has 2 fully saturated rings. The second-order valence-electron chi connectivity index (χ2n) is 16.2. The van der Waals surface area contributed by atoms with Gasteiger partial charge in [-0.3, -0.25) is 14.6 Å². The fraction of sp³-hybridized carbons (Fsp3) is 0.321. The summed E-state index contributed by atoms with van der Waals surface area (Å²) in [4.78, 5) is 31.1. The lowest BCUT2D eigenvalue weighted by atomic mass is 9.92. The minimum absolute atomic E-state index is 0. The zero-order valence-corrected chi connectivity index (χ0v) is 37.1. The van der Waals surface area contributed by atoms with Crippen LogP contribution < -0.4 is 0 Å². The van der Waals surface area contributed by atoms with Crippen molar-refractivity contribution in [3.05, 3.63) is 137 Å². The maximum atomic E-state index is 13.6. The molecule has 13 nitrogen and oxygen atoms in total. The van der Waals surface area contributed by atoms with Crippen LogP contribution in [0.4, 0.5) is 8.78 Å². The van der Waals surface area contributed by atoms with E-state index in [0.29, 0.717) is 16.8 Å². The third-order valence-electron chi connectivity index (χ3n) is 11.0. The summed E-state index contributed by atoms with van der Waals surface area (Å²) in [6.07, 6.45) is 5.15. The Bertz CT molecular complexity index is 2670. The molecule has 8 rings (SSSR count). The number of halogens is 2. The van der Waals surface area contributed by atoms with Crippen LogP contribution in [0.5, 0.6) is 5.75 Å². The van der Waals surface area contributed by atoms with Crippen molar-refractivity contribution in [2.45, 2.75) is 95.0 Å². The first-order valence-corrected chi connectivity index (χ1v) is 21.8. The number of aliphatic hydroxyl groups is 6. The highest BCUT2D eigenvalue weighted by molar-refractivity contribution is 6.02. The first-order chi connectivity index (χ1) is 32.2. The summed E-state index contributed by atoms with van der Waals surface area (Å²) in [5.74, 6) is -2.33. The molecule has 2 heterocycles. The molecule has 2 aliphatic carbocycles. The number of aromatic nitrogens is 2. The minimum atomic E-state index is -1.17. The smallest absolute Gasteiger partial charge is 0.305 e. The van der Waals surface area contributed by atoms with Crippen LogP contribution >= 0.6 is 0 Å². The molecule has 4 atom stereocenters. The number of nitrogens with zero attached hydrogens (tertiary/aromatic N) is 2. The predicted octanol–water partition coefficient (Wildman–Crippen LogP) is 8.59. The van der Waals surface area contributed by atoms with E-state index in [1.54, 1.807) is 54.6 Å². The average Bonchev–Trinajstić information content (AvgIpc) is 4.24. The molecule has 0 bridgehead atoms. The molecule has 0 aliphatic heterocycles. The molecule has 2 aromatic heterocycles. The molecule has 0 unspecified atom stereocenters. The first-order valence-electron chi connectivity index (χ1n) is 21.8. The number of aromatic hydroxyl groups is 1. The normalized spacial score (nSPS) is 14.9. The van der Waals surface area contributed by atoms with Crippen molar-refractivity contribution in [2.75, 3.05) is 14.2 Å². The zero-order valence-electron chi connectivity index (χ0n) is 37.1. The van der Waals surface area contributed by atoms with Crippen molar-refractivity contribution in [1.82, 2.24) is 9.97 Å². The Morgan fingerprint density at radius 1 is 0.603 bits per heavy atom. The van der Waals surface area contributed by atoms with Crippen LogP contribution in [0.1, 0.15) is 93.1 Å². The zero-order chi connectivity index (χ0) is 48.8. The number of phenolic OH excluding ortho intramolecular Hbond substituents is 1. The first kappa shape index (κ1) is 54.1. The standard InChI is InChI=1S/C25H24FNO5.C25H24FNO4.2CH4O.CH4/c26-16-8-6-14(7-9-16)23-19-2-1-3-21(30)25(19)27-24(15-4-5-15)20(23)11-10-17(28)12-18(29)13-22(31)32;26-17-9-7-15(8-10-17)24-20-3-1-2-4-22(20)27-25(16-5-6-16)21(24)12-11-18(28)13-19(29)14-23(30)31;2*1-2;/h1-3,6-11,15,17-18,28-30H,4-5,12-13H2,(H,31,32);1-4,7-12,16,18-19,28-29H,5-6,13-14H2,(H,30,31);2*2H,1H3;1H4/b11-10+;12-11+;;;/t17-,18-;18-,19-;;;/m11.../s1. The van der Waals surface area contributed by atoms with Gasteiger partial charge in [-0.05, 0) is 73.2 Å². The predicted molar refractivity (Wildman–Crippen MR) is 259 cm³/mol. The maximum Gasteiger partial charge on any atom is 0.305 e. The van der Waals surface area contributed by atoms with Gasteiger partial charge in [0.1, 0.15) is 22.9 Å². The second-order valence-corrected chi connectivity index (χ2v) is 16.2. The Morgan fingerprint density at radius 2 is 1.01 bits per heavy atom. The van der Waals surface area contributed by atoms with Crippen LogP contribution in [0.25, 0.3) is 56.2 Å². The van der Waals surface area contributed by atoms with Crippen molar-refractivity contribution in [2.24, 2.45) is 0 Å². The Hall–Kier alpha value is -6.46. The van der Waals surface area contributed by atoms with Crippen LogP contribution in [0.15, 0.2) is 103 Å². The lowest BCUT2D eigenvalue weighted by molar-refractivity contribution is -0.140. The van der Waals surface area contributed by atoms with E-state index in [4.69, 9.17) is 30.4 Å². The summed E-state index contributed by atoms with van der Waals surface area (Å²) in [5, 5.41) is 84.0. The number of hydrogen-bond acceptors (Lipinski definition) is 11. The van der Waals surface area contributed by atoms with Gasteiger partial charge in [0.2, 0.25) is 0 Å². The van der Waals surface area contributed by atoms with Gasteiger partial charge >= 0.3 is 11.9 Å². The van der Waals surface area contributed by atoms with Gasteiger partial charge in [0.05, 0.1) is 54.2 Å². The van der Waals surface area contributed by atoms with Crippen LogP contribution in [0.2, 0.25) is 0 Å². The quantitative estimate of drug-likeness (QED) is 0.0442. The van der Waals surface area contributed by atoms with E-state index in [-0.39, 0.29) is 43.6 Å². The molecule has 2 aliphatic rings. The monoisotopic (exact) mass is 938 g/mol. The van der Waals surface area contributed by atoms with E-state index in [1.165, 1.54) is 30.3 Å². The van der Waals surface area contributed by atoms with Gasteiger partial charge in [0.25, 0.3) is 0 Å². The summed E-state index contributed by atoms with van der Waals surface area (Å²) < 4.78 is 27.2. The molecule has 68 heavy (non-hydrogen) atoms. The number of carbonyl (C=O) groups is 2. The third-order valence-corrected chi connectivity index (χ3v) is 11.0. The van der Waals surface area contributed by atoms with Crippen molar-refractivity contribution in [3.63, 3.8) is 0 Å². The van der Waals surface area contributed by atoms with Crippen LogP contribution in [-0.4, -0.2) is 107 Å². The number of para-hydroxylation sites is 2. The van der Waals surface area contributed by atoms with E-state index >= 15 is 0 Å². The molecule has 0 saturated heterocycles. The van der Waals surface area contributed by atoms with Crippen molar-refractivity contribution in [1.29, 1.82) is 0 Å². The maximum absolute atomic E-state index is 13.6. The van der Waals surface area contributed by atoms with Gasteiger partial charge in [-0.2, -0.15) is 0 Å². The minimum Gasteiger partial charge on any atom is -0.506 e. The van der Waals surface area contributed by atoms with E-state index in [0.717, 1.165) is 95.6 Å². The molecule has 362 valence electrons. The van der Waals surface area contributed by atoms with Gasteiger partial charge in [-0.15, -0.1) is 0 Å². The number of benzene rings is 4. The van der Waals surface area contributed by atoms with Gasteiger partial charge < -0.3 is 46.0 Å². The highest BCUT2D eigenvalue weighted by Crippen LogP contribution is 2.47. The van der Waals surface area contributed by atoms with Gasteiger partial charge in [0.15, 0.2) is 0 Å². The highest BCUT2D eigenvalue weighted by Gasteiger charge is 2.31. The fourth-order valence-corrected chi connectivity index (χ4v) is 7.78. The second kappa shape index (κ2) is 25.6. The Labute approximate surface area is 393 Å². The van der Waals surface area contributed by atoms with Crippen molar-refractivity contribution >= 4 is 45.9 Å². The lowest BCUT2D eigenvalue weighted by Gasteiger charge is -2.17. The molecule has 0 spiro atoms. The topological polar surface area (TPSA) is 242 Å².